The molecule has 0 spiro atoms. The number of aryl methyl sites for hydroxylation is 2. The van der Waals surface area contributed by atoms with E-state index in [1.807, 2.05) is 0 Å². The van der Waals surface area contributed by atoms with Crippen molar-refractivity contribution in [2.24, 2.45) is 5.73 Å². The van der Waals surface area contributed by atoms with Gasteiger partial charge < -0.3 is 15.2 Å². The summed E-state index contributed by atoms with van der Waals surface area (Å²) in [5, 5.41) is 1.42. The van der Waals surface area contributed by atoms with E-state index in [2.05, 4.69) is 41.6 Å². The first-order valence-corrected chi connectivity index (χ1v) is 8.20. The van der Waals surface area contributed by atoms with Gasteiger partial charge in [0.25, 0.3) is 0 Å². The van der Waals surface area contributed by atoms with Crippen molar-refractivity contribution in [1.29, 1.82) is 0 Å². The average molecular weight is 285 g/mol. The first-order chi connectivity index (χ1) is 10.2. The van der Waals surface area contributed by atoms with Crippen LogP contribution in [0.15, 0.2) is 18.3 Å². The van der Waals surface area contributed by atoms with Crippen LogP contribution in [0.1, 0.15) is 29.5 Å². The normalized spacial score (nSPS) is 16.1. The first-order valence-electron chi connectivity index (χ1n) is 8.20. The summed E-state index contributed by atoms with van der Waals surface area (Å²) in [6, 6.07) is 4.68. The molecule has 1 aromatic heterocycles. The first kappa shape index (κ1) is 14.6. The number of likely N-dealkylation sites (tertiary alicyclic amines) is 1. The largest absolute Gasteiger partial charge is 0.346 e. The summed E-state index contributed by atoms with van der Waals surface area (Å²) < 4.78 is 2.33. The molecule has 2 heterocycles. The molecule has 0 atom stereocenters. The maximum absolute atomic E-state index is 5.77. The van der Waals surface area contributed by atoms with Crippen LogP contribution in [0.5, 0.6) is 0 Å². The van der Waals surface area contributed by atoms with Gasteiger partial charge in [-0.05, 0) is 75.0 Å². The van der Waals surface area contributed by atoms with Gasteiger partial charge in [0.2, 0.25) is 0 Å². The predicted octanol–water partition coefficient (Wildman–Crippen LogP) is 2.86. The van der Waals surface area contributed by atoms with Gasteiger partial charge in [-0.15, -0.1) is 0 Å². The number of fused-ring (bicyclic) bond motifs is 1. The Morgan fingerprint density at radius 2 is 1.76 bits per heavy atom. The van der Waals surface area contributed by atoms with Crippen LogP contribution in [0.2, 0.25) is 0 Å². The summed E-state index contributed by atoms with van der Waals surface area (Å²) in [5.74, 6) is 0. The molecule has 1 saturated heterocycles. The number of nitrogens with zero attached hydrogens (tertiary/aromatic N) is 2. The maximum atomic E-state index is 5.77. The van der Waals surface area contributed by atoms with Crippen LogP contribution >= 0.6 is 0 Å². The molecule has 0 bridgehead atoms. The van der Waals surface area contributed by atoms with Gasteiger partial charge in [0.05, 0.1) is 0 Å². The zero-order valence-electron chi connectivity index (χ0n) is 13.4. The van der Waals surface area contributed by atoms with E-state index in [0.29, 0.717) is 6.54 Å². The molecule has 0 amide bonds. The minimum Gasteiger partial charge on any atom is -0.346 e. The van der Waals surface area contributed by atoms with Gasteiger partial charge >= 0.3 is 0 Å². The molecule has 21 heavy (non-hydrogen) atoms. The van der Waals surface area contributed by atoms with E-state index in [9.17, 15) is 0 Å². The lowest BCUT2D eigenvalue weighted by Gasteiger charge is -2.13. The second kappa shape index (κ2) is 6.20. The second-order valence-corrected chi connectivity index (χ2v) is 6.39. The topological polar surface area (TPSA) is 34.2 Å². The molecule has 3 rings (SSSR count). The van der Waals surface area contributed by atoms with E-state index in [-0.39, 0.29) is 0 Å². The minimum absolute atomic E-state index is 0.697. The highest BCUT2D eigenvalue weighted by atomic mass is 15.1. The summed E-state index contributed by atoms with van der Waals surface area (Å²) in [6.07, 6.45) is 6.21. The monoisotopic (exact) mass is 285 g/mol. The standard InChI is InChI=1S/C18H27N3/c1-14-11-17-16(5-9-20-7-3-4-8-20)13-21(10-6-19)18(17)12-15(14)2/h11-13H,3-10,19H2,1-2H3. The van der Waals surface area contributed by atoms with Gasteiger partial charge in [-0.1, -0.05) is 0 Å². The van der Waals surface area contributed by atoms with Crippen molar-refractivity contribution in [3.05, 3.63) is 35.0 Å². The van der Waals surface area contributed by atoms with Gasteiger partial charge in [-0.3, -0.25) is 0 Å². The van der Waals surface area contributed by atoms with Crippen LogP contribution in [-0.4, -0.2) is 35.6 Å². The fraction of sp³-hybridized carbons (Fsp3) is 0.556. The molecule has 1 aliphatic rings. The zero-order valence-corrected chi connectivity index (χ0v) is 13.4. The molecule has 3 nitrogen and oxygen atoms in total. The molecule has 1 fully saturated rings. The van der Waals surface area contributed by atoms with Crippen molar-refractivity contribution in [2.75, 3.05) is 26.2 Å². The number of rotatable bonds is 5. The van der Waals surface area contributed by atoms with Gasteiger partial charge in [0.1, 0.15) is 0 Å². The van der Waals surface area contributed by atoms with E-state index < -0.39 is 0 Å². The lowest BCUT2D eigenvalue weighted by Crippen LogP contribution is -2.21. The van der Waals surface area contributed by atoms with Crippen LogP contribution in [0.3, 0.4) is 0 Å². The zero-order chi connectivity index (χ0) is 14.8. The van der Waals surface area contributed by atoms with E-state index >= 15 is 0 Å². The summed E-state index contributed by atoms with van der Waals surface area (Å²) in [4.78, 5) is 2.59. The van der Waals surface area contributed by atoms with Crippen molar-refractivity contribution >= 4 is 10.9 Å². The highest BCUT2D eigenvalue weighted by Crippen LogP contribution is 2.26. The van der Waals surface area contributed by atoms with Crippen molar-refractivity contribution in [3.8, 4) is 0 Å². The molecular formula is C18H27N3. The fourth-order valence-electron chi connectivity index (χ4n) is 3.43. The third-order valence-electron chi connectivity index (χ3n) is 4.85. The van der Waals surface area contributed by atoms with Crippen molar-refractivity contribution in [3.63, 3.8) is 0 Å². The van der Waals surface area contributed by atoms with Crippen LogP contribution < -0.4 is 5.73 Å². The Balaban J connectivity index is 1.90. The van der Waals surface area contributed by atoms with E-state index in [1.54, 1.807) is 0 Å². The van der Waals surface area contributed by atoms with Gasteiger partial charge in [-0.2, -0.15) is 0 Å². The lowest BCUT2D eigenvalue weighted by atomic mass is 10.0. The van der Waals surface area contributed by atoms with E-state index in [0.717, 1.165) is 13.0 Å². The molecule has 114 valence electrons. The molecule has 0 aliphatic carbocycles. The summed E-state index contributed by atoms with van der Waals surface area (Å²) >= 11 is 0. The molecule has 1 aliphatic heterocycles. The van der Waals surface area contributed by atoms with Crippen LogP contribution in [0.25, 0.3) is 10.9 Å². The number of nitrogens with two attached hydrogens (primary N) is 1. The number of hydrogen-bond donors (Lipinski definition) is 1. The SMILES string of the molecule is Cc1cc2c(CCN3CCCC3)cn(CCN)c2cc1C. The Kier molecular flexibility index (Phi) is 4.32. The van der Waals surface area contributed by atoms with E-state index in [4.69, 9.17) is 5.73 Å². The van der Waals surface area contributed by atoms with Gasteiger partial charge in [0, 0.05) is 36.7 Å². The van der Waals surface area contributed by atoms with Crippen molar-refractivity contribution in [1.82, 2.24) is 9.47 Å². The maximum Gasteiger partial charge on any atom is 0.0486 e. The Morgan fingerprint density at radius 1 is 1.05 bits per heavy atom. The Bertz CT molecular complexity index is 621. The second-order valence-electron chi connectivity index (χ2n) is 6.39. The molecule has 3 heteroatoms. The van der Waals surface area contributed by atoms with Crippen LogP contribution in [0.4, 0.5) is 0 Å². The smallest absolute Gasteiger partial charge is 0.0486 e. The molecule has 0 unspecified atom stereocenters. The minimum atomic E-state index is 0.697. The third-order valence-corrected chi connectivity index (χ3v) is 4.85. The molecule has 0 saturated carbocycles. The van der Waals surface area contributed by atoms with Gasteiger partial charge in [-0.25, -0.2) is 0 Å². The Morgan fingerprint density at radius 3 is 2.48 bits per heavy atom. The molecular weight excluding hydrogens is 258 g/mol. The summed E-state index contributed by atoms with van der Waals surface area (Å²) in [6.45, 7) is 9.75. The quantitative estimate of drug-likeness (QED) is 0.916. The Labute approximate surface area is 127 Å². The number of aromatic nitrogens is 1. The lowest BCUT2D eigenvalue weighted by molar-refractivity contribution is 0.344. The highest BCUT2D eigenvalue weighted by Gasteiger charge is 2.14. The summed E-state index contributed by atoms with van der Waals surface area (Å²) in [5.41, 5.74) is 11.4. The highest BCUT2D eigenvalue weighted by molar-refractivity contribution is 5.85. The molecule has 2 N–H and O–H groups in total. The average Bonchev–Trinajstić information content (AvgIpc) is 3.07. The summed E-state index contributed by atoms with van der Waals surface area (Å²) in [7, 11) is 0. The number of hydrogen-bond acceptors (Lipinski definition) is 2. The van der Waals surface area contributed by atoms with E-state index in [1.165, 1.54) is 60.1 Å². The van der Waals surface area contributed by atoms with Crippen molar-refractivity contribution < 1.29 is 0 Å². The third kappa shape index (κ3) is 2.99. The van der Waals surface area contributed by atoms with Crippen molar-refractivity contribution in [2.45, 2.75) is 39.7 Å². The van der Waals surface area contributed by atoms with Crippen LogP contribution in [-0.2, 0) is 13.0 Å². The molecule has 0 radical (unpaired) electrons. The van der Waals surface area contributed by atoms with Crippen LogP contribution in [0, 0.1) is 13.8 Å². The van der Waals surface area contributed by atoms with Gasteiger partial charge in [0.15, 0.2) is 0 Å². The predicted molar refractivity (Wildman–Crippen MR) is 89.8 cm³/mol. The molecule has 1 aromatic carbocycles. The Hall–Kier alpha value is -1.32. The fourth-order valence-corrected chi connectivity index (χ4v) is 3.43. The molecule has 2 aromatic rings. The number of benzene rings is 1.